The van der Waals surface area contributed by atoms with E-state index in [1.165, 1.54) is 17.0 Å². The van der Waals surface area contributed by atoms with Crippen molar-refractivity contribution in [3.63, 3.8) is 0 Å². The molecule has 5 nitrogen and oxygen atoms in total. The number of nitrogens with zero attached hydrogens (tertiary/aromatic N) is 2. The second-order valence-corrected chi connectivity index (χ2v) is 5.76. The fraction of sp³-hybridized carbons (Fsp3) is 0.0625. The number of fused-ring (bicyclic) bond motifs is 1. The first kappa shape index (κ1) is 14.5. The number of carboxylic acid groups (broad SMARTS) is 1. The minimum atomic E-state index is -0.990. The van der Waals surface area contributed by atoms with Crippen molar-refractivity contribution in [3.8, 4) is 0 Å². The van der Waals surface area contributed by atoms with Crippen LogP contribution in [0.15, 0.2) is 58.1 Å². The van der Waals surface area contributed by atoms with E-state index in [1.54, 1.807) is 36.4 Å². The van der Waals surface area contributed by atoms with Crippen LogP contribution in [0, 0.1) is 0 Å². The molecule has 0 saturated heterocycles. The molecule has 0 aliphatic rings. The number of aromatic carboxylic acids is 1. The molecule has 0 atom stereocenters. The topological polar surface area (TPSA) is 72.2 Å². The van der Waals surface area contributed by atoms with Gasteiger partial charge in [0.1, 0.15) is 0 Å². The Morgan fingerprint density at radius 1 is 1.23 bits per heavy atom. The summed E-state index contributed by atoms with van der Waals surface area (Å²) < 4.78 is 2.33. The van der Waals surface area contributed by atoms with Gasteiger partial charge in [-0.05, 0) is 35.9 Å². The highest BCUT2D eigenvalue weighted by atomic mass is 79.9. The van der Waals surface area contributed by atoms with Gasteiger partial charge in [-0.2, -0.15) is 0 Å². The fourth-order valence-electron chi connectivity index (χ4n) is 2.24. The predicted octanol–water partition coefficient (Wildman–Crippen LogP) is 2.91. The number of hydrogen-bond donors (Lipinski definition) is 1. The Hall–Kier alpha value is -2.47. The first-order valence-corrected chi connectivity index (χ1v) is 7.31. The third kappa shape index (κ3) is 2.78. The molecule has 1 N–H and O–H groups in total. The van der Waals surface area contributed by atoms with Crippen molar-refractivity contribution in [1.29, 1.82) is 0 Å². The number of carboxylic acids is 1. The zero-order chi connectivity index (χ0) is 15.7. The number of rotatable bonds is 3. The molecule has 0 spiro atoms. The van der Waals surface area contributed by atoms with E-state index in [-0.39, 0.29) is 17.7 Å². The van der Waals surface area contributed by atoms with Gasteiger partial charge >= 0.3 is 5.97 Å². The number of benzene rings is 2. The monoisotopic (exact) mass is 358 g/mol. The Morgan fingerprint density at radius 3 is 2.82 bits per heavy atom. The molecule has 0 aliphatic carbocycles. The van der Waals surface area contributed by atoms with E-state index in [4.69, 9.17) is 5.11 Å². The largest absolute Gasteiger partial charge is 0.478 e. The minimum absolute atomic E-state index is 0.154. The van der Waals surface area contributed by atoms with Gasteiger partial charge in [-0.1, -0.05) is 28.1 Å². The van der Waals surface area contributed by atoms with Crippen LogP contribution >= 0.6 is 15.9 Å². The zero-order valence-electron chi connectivity index (χ0n) is 11.4. The summed E-state index contributed by atoms with van der Waals surface area (Å²) in [7, 11) is 0. The van der Waals surface area contributed by atoms with Crippen molar-refractivity contribution in [2.75, 3.05) is 0 Å². The fourth-order valence-corrected chi connectivity index (χ4v) is 2.59. The van der Waals surface area contributed by atoms with E-state index in [0.717, 1.165) is 10.0 Å². The number of hydrogen-bond acceptors (Lipinski definition) is 3. The van der Waals surface area contributed by atoms with Gasteiger partial charge in [0.05, 0.1) is 29.3 Å². The molecule has 1 heterocycles. The van der Waals surface area contributed by atoms with E-state index in [2.05, 4.69) is 20.9 Å². The molecular weight excluding hydrogens is 348 g/mol. The zero-order valence-corrected chi connectivity index (χ0v) is 12.9. The second kappa shape index (κ2) is 5.73. The van der Waals surface area contributed by atoms with Gasteiger partial charge in [-0.25, -0.2) is 9.78 Å². The molecular formula is C16H11BrN2O3. The normalized spacial score (nSPS) is 10.8. The Morgan fingerprint density at radius 2 is 2.05 bits per heavy atom. The predicted molar refractivity (Wildman–Crippen MR) is 86.2 cm³/mol. The van der Waals surface area contributed by atoms with Gasteiger partial charge < -0.3 is 5.11 Å². The van der Waals surface area contributed by atoms with Gasteiger partial charge in [0.2, 0.25) is 0 Å². The highest BCUT2D eigenvalue weighted by Crippen LogP contribution is 2.15. The van der Waals surface area contributed by atoms with Crippen LogP contribution in [-0.4, -0.2) is 20.6 Å². The van der Waals surface area contributed by atoms with Crippen LogP contribution in [0.3, 0.4) is 0 Å². The summed E-state index contributed by atoms with van der Waals surface area (Å²) in [6.07, 6.45) is 1.48. The molecule has 1 aromatic heterocycles. The van der Waals surface area contributed by atoms with Gasteiger partial charge in [-0.15, -0.1) is 0 Å². The molecule has 0 aliphatic heterocycles. The molecule has 0 bridgehead atoms. The number of carbonyl (C=O) groups is 1. The van der Waals surface area contributed by atoms with E-state index in [0.29, 0.717) is 10.9 Å². The molecule has 0 amide bonds. The summed E-state index contributed by atoms with van der Waals surface area (Å²) in [4.78, 5) is 27.7. The van der Waals surface area contributed by atoms with Crippen molar-refractivity contribution in [2.24, 2.45) is 0 Å². The van der Waals surface area contributed by atoms with Gasteiger partial charge in [-0.3, -0.25) is 9.36 Å². The maximum atomic E-state index is 12.5. The summed E-state index contributed by atoms with van der Waals surface area (Å²) in [5, 5.41) is 9.54. The van der Waals surface area contributed by atoms with Crippen LogP contribution in [0.25, 0.3) is 10.9 Å². The molecule has 0 radical (unpaired) electrons. The maximum absolute atomic E-state index is 12.5. The van der Waals surface area contributed by atoms with E-state index < -0.39 is 5.97 Å². The lowest BCUT2D eigenvalue weighted by molar-refractivity contribution is 0.0696. The molecule has 6 heteroatoms. The van der Waals surface area contributed by atoms with Crippen molar-refractivity contribution < 1.29 is 9.90 Å². The lowest BCUT2D eigenvalue weighted by atomic mass is 10.1. The number of aromatic nitrogens is 2. The van der Waals surface area contributed by atoms with E-state index in [9.17, 15) is 9.59 Å². The summed E-state index contributed by atoms with van der Waals surface area (Å²) in [5.74, 6) is -0.990. The van der Waals surface area contributed by atoms with Crippen LogP contribution in [0.4, 0.5) is 0 Å². The van der Waals surface area contributed by atoms with Crippen molar-refractivity contribution in [3.05, 3.63) is 74.7 Å². The minimum Gasteiger partial charge on any atom is -0.478 e. The van der Waals surface area contributed by atoms with Gasteiger partial charge in [0.15, 0.2) is 0 Å². The highest BCUT2D eigenvalue weighted by molar-refractivity contribution is 9.10. The maximum Gasteiger partial charge on any atom is 0.335 e. The standard InChI is InChI=1S/C16H11BrN2O3/c17-12-4-5-13-14(7-12)18-9-19(15(13)20)8-10-2-1-3-11(6-10)16(21)22/h1-7,9H,8H2,(H,21,22). The lowest BCUT2D eigenvalue weighted by Crippen LogP contribution is -2.21. The molecule has 22 heavy (non-hydrogen) atoms. The van der Waals surface area contributed by atoms with E-state index >= 15 is 0 Å². The van der Waals surface area contributed by atoms with Crippen LogP contribution < -0.4 is 5.56 Å². The third-order valence-corrected chi connectivity index (χ3v) is 3.81. The van der Waals surface area contributed by atoms with E-state index in [1.807, 2.05) is 0 Å². The SMILES string of the molecule is O=C(O)c1cccc(Cn2cnc3cc(Br)ccc3c2=O)c1. The van der Waals surface area contributed by atoms with Crippen LogP contribution in [0.1, 0.15) is 15.9 Å². The molecule has 3 aromatic rings. The first-order valence-electron chi connectivity index (χ1n) is 6.51. The van der Waals surface area contributed by atoms with Gasteiger partial charge in [0, 0.05) is 4.47 Å². The van der Waals surface area contributed by atoms with Crippen LogP contribution in [0.2, 0.25) is 0 Å². The summed E-state index contributed by atoms with van der Waals surface area (Å²) in [6, 6.07) is 11.8. The summed E-state index contributed by atoms with van der Waals surface area (Å²) >= 11 is 3.35. The molecule has 0 saturated carbocycles. The van der Waals surface area contributed by atoms with Crippen molar-refractivity contribution in [2.45, 2.75) is 6.54 Å². The summed E-state index contributed by atoms with van der Waals surface area (Å²) in [5.41, 5.74) is 1.40. The molecule has 0 unspecified atom stereocenters. The summed E-state index contributed by atoms with van der Waals surface area (Å²) in [6.45, 7) is 0.277. The van der Waals surface area contributed by atoms with Crippen LogP contribution in [-0.2, 0) is 6.54 Å². The van der Waals surface area contributed by atoms with Crippen molar-refractivity contribution >= 4 is 32.8 Å². The van der Waals surface area contributed by atoms with Crippen LogP contribution in [0.5, 0.6) is 0 Å². The van der Waals surface area contributed by atoms with Gasteiger partial charge in [0.25, 0.3) is 5.56 Å². The number of halogens is 1. The third-order valence-electron chi connectivity index (χ3n) is 3.31. The first-order chi connectivity index (χ1) is 10.5. The molecule has 0 fully saturated rings. The average molecular weight is 359 g/mol. The Labute approximate surface area is 134 Å². The molecule has 3 rings (SSSR count). The highest BCUT2D eigenvalue weighted by Gasteiger charge is 2.07. The Bertz CT molecular complexity index is 934. The second-order valence-electron chi connectivity index (χ2n) is 4.84. The Kier molecular flexibility index (Phi) is 3.77. The lowest BCUT2D eigenvalue weighted by Gasteiger charge is -2.07. The quantitative estimate of drug-likeness (QED) is 0.781. The average Bonchev–Trinajstić information content (AvgIpc) is 2.50. The smallest absolute Gasteiger partial charge is 0.335 e. The van der Waals surface area contributed by atoms with Crippen molar-refractivity contribution in [1.82, 2.24) is 9.55 Å². The molecule has 2 aromatic carbocycles. The molecule has 110 valence electrons. The Balaban J connectivity index is 2.03.